The van der Waals surface area contributed by atoms with Crippen LogP contribution in [-0.2, 0) is 32.1 Å². The van der Waals surface area contributed by atoms with Crippen LogP contribution in [0, 0.1) is 11.8 Å². The van der Waals surface area contributed by atoms with Crippen molar-refractivity contribution >= 4 is 46.8 Å². The number of carbonyl (C=O) groups is 4. The molecule has 4 rings (SSSR count). The van der Waals surface area contributed by atoms with Gasteiger partial charge in [-0.3, -0.25) is 24.1 Å². The first kappa shape index (κ1) is 26.9. The summed E-state index contributed by atoms with van der Waals surface area (Å²) in [5, 5.41) is 3.40. The van der Waals surface area contributed by atoms with Gasteiger partial charge in [0.15, 0.2) is 0 Å². The third kappa shape index (κ3) is 6.05. The maximum absolute atomic E-state index is 13.7. The second-order valence-electron chi connectivity index (χ2n) is 9.32. The number of nitrogens with one attached hydrogen (secondary N) is 1. The number of hydrogen-bond donors (Lipinski definition) is 1. The standard InChI is InChI=1S/C28H29Cl2N3O4/c1-31-26(35)24(16-18-7-3-2-4-8-18)33(17-19-11-12-22(29)23(30)15-19)25(34)13-14-32-27(36)20-9-5-6-10-21(20)28(32)37/h2-8,11-12,15,20-21,24H,9-10,13-14,16-17H2,1H3,(H,31,35)/t20-,21+,24?. The van der Waals surface area contributed by atoms with Gasteiger partial charge in [-0.1, -0.05) is 71.8 Å². The number of likely N-dealkylation sites (tertiary alicyclic amines) is 1. The molecule has 0 aromatic heterocycles. The van der Waals surface area contributed by atoms with Crippen molar-refractivity contribution in [3.8, 4) is 0 Å². The summed E-state index contributed by atoms with van der Waals surface area (Å²) in [5.41, 5.74) is 1.60. The molecular formula is C28H29Cl2N3O4. The Kier molecular flexibility index (Phi) is 8.67. The molecule has 2 aromatic carbocycles. The monoisotopic (exact) mass is 541 g/mol. The third-order valence-corrected chi connectivity index (χ3v) is 7.74. The smallest absolute Gasteiger partial charge is 0.242 e. The summed E-state index contributed by atoms with van der Waals surface area (Å²) in [6.07, 6.45) is 5.14. The molecule has 9 heteroatoms. The molecule has 37 heavy (non-hydrogen) atoms. The van der Waals surface area contributed by atoms with Crippen molar-refractivity contribution in [1.29, 1.82) is 0 Å². The van der Waals surface area contributed by atoms with E-state index in [1.807, 2.05) is 42.5 Å². The first-order chi connectivity index (χ1) is 17.8. The average Bonchev–Trinajstić information content (AvgIpc) is 3.16. The Bertz CT molecular complexity index is 1190. The van der Waals surface area contributed by atoms with Crippen molar-refractivity contribution in [2.45, 2.75) is 38.3 Å². The van der Waals surface area contributed by atoms with Crippen LogP contribution in [0.4, 0.5) is 0 Å². The molecule has 0 bridgehead atoms. The van der Waals surface area contributed by atoms with Crippen molar-refractivity contribution in [1.82, 2.24) is 15.1 Å². The maximum atomic E-state index is 13.7. The second-order valence-corrected chi connectivity index (χ2v) is 10.1. The van der Waals surface area contributed by atoms with Crippen molar-refractivity contribution < 1.29 is 19.2 Å². The van der Waals surface area contributed by atoms with Crippen LogP contribution in [0.15, 0.2) is 60.7 Å². The fraction of sp³-hybridized carbons (Fsp3) is 0.357. The molecule has 2 aromatic rings. The van der Waals surface area contributed by atoms with Gasteiger partial charge in [0.25, 0.3) is 0 Å². The van der Waals surface area contributed by atoms with E-state index in [0.717, 1.165) is 5.56 Å². The topological polar surface area (TPSA) is 86.8 Å². The number of nitrogens with zero attached hydrogens (tertiary/aromatic N) is 2. The van der Waals surface area contributed by atoms with Gasteiger partial charge in [-0.25, -0.2) is 0 Å². The number of amides is 4. The van der Waals surface area contributed by atoms with Crippen LogP contribution in [0.2, 0.25) is 10.0 Å². The van der Waals surface area contributed by atoms with Gasteiger partial charge in [0, 0.05) is 33.0 Å². The molecule has 1 heterocycles. The summed E-state index contributed by atoms with van der Waals surface area (Å²) < 4.78 is 0. The first-order valence-electron chi connectivity index (χ1n) is 12.3. The Labute approximate surface area is 226 Å². The number of benzene rings is 2. The predicted molar refractivity (Wildman–Crippen MR) is 142 cm³/mol. The van der Waals surface area contributed by atoms with E-state index in [9.17, 15) is 19.2 Å². The van der Waals surface area contributed by atoms with E-state index in [1.165, 1.54) is 16.8 Å². The van der Waals surface area contributed by atoms with Crippen LogP contribution in [-0.4, -0.2) is 53.1 Å². The molecule has 7 nitrogen and oxygen atoms in total. The van der Waals surface area contributed by atoms with Crippen LogP contribution in [0.1, 0.15) is 30.4 Å². The molecule has 194 valence electrons. The van der Waals surface area contributed by atoms with E-state index < -0.39 is 6.04 Å². The number of carbonyl (C=O) groups excluding carboxylic acids is 4. The Balaban J connectivity index is 1.57. The lowest BCUT2D eigenvalue weighted by atomic mass is 9.85. The van der Waals surface area contributed by atoms with Crippen LogP contribution >= 0.6 is 23.2 Å². The minimum absolute atomic E-state index is 0.0207. The van der Waals surface area contributed by atoms with E-state index in [2.05, 4.69) is 5.32 Å². The molecule has 0 saturated carbocycles. The van der Waals surface area contributed by atoms with E-state index in [0.29, 0.717) is 34.9 Å². The molecule has 0 spiro atoms. The zero-order valence-electron chi connectivity index (χ0n) is 20.5. The molecule has 0 radical (unpaired) electrons. The predicted octanol–water partition coefficient (Wildman–Crippen LogP) is 4.02. The number of hydrogen-bond acceptors (Lipinski definition) is 4. The number of rotatable bonds is 9. The van der Waals surface area contributed by atoms with Gasteiger partial charge in [0.1, 0.15) is 6.04 Å². The Morgan fingerprint density at radius 2 is 1.62 bits per heavy atom. The van der Waals surface area contributed by atoms with Gasteiger partial charge in [-0.15, -0.1) is 0 Å². The molecule has 4 amide bonds. The van der Waals surface area contributed by atoms with E-state index in [4.69, 9.17) is 23.2 Å². The van der Waals surface area contributed by atoms with E-state index >= 15 is 0 Å². The Morgan fingerprint density at radius 3 is 2.22 bits per heavy atom. The molecular weight excluding hydrogens is 513 g/mol. The number of likely N-dealkylation sites (N-methyl/N-ethyl adjacent to an activating group) is 1. The number of allylic oxidation sites excluding steroid dienone is 2. The molecule has 1 aliphatic carbocycles. The van der Waals surface area contributed by atoms with Crippen LogP contribution in [0.25, 0.3) is 0 Å². The quantitative estimate of drug-likeness (QED) is 0.383. The van der Waals surface area contributed by atoms with Crippen LogP contribution in [0.5, 0.6) is 0 Å². The van der Waals surface area contributed by atoms with Gasteiger partial charge in [0.05, 0.1) is 21.9 Å². The molecule has 1 saturated heterocycles. The summed E-state index contributed by atoms with van der Waals surface area (Å²) in [6, 6.07) is 13.7. The summed E-state index contributed by atoms with van der Waals surface area (Å²) in [5.74, 6) is -1.81. The number of halogens is 2. The van der Waals surface area contributed by atoms with E-state index in [-0.39, 0.29) is 55.0 Å². The molecule has 1 fully saturated rings. The van der Waals surface area contributed by atoms with Gasteiger partial charge < -0.3 is 10.2 Å². The highest BCUT2D eigenvalue weighted by atomic mass is 35.5. The zero-order valence-corrected chi connectivity index (χ0v) is 22.0. The highest BCUT2D eigenvalue weighted by Crippen LogP contribution is 2.35. The lowest BCUT2D eigenvalue weighted by Gasteiger charge is -2.31. The van der Waals surface area contributed by atoms with Crippen molar-refractivity contribution in [2.24, 2.45) is 11.8 Å². The Hall–Kier alpha value is -3.16. The third-order valence-electron chi connectivity index (χ3n) is 7.00. The fourth-order valence-corrected chi connectivity index (χ4v) is 5.32. The molecule has 1 unspecified atom stereocenters. The zero-order chi connectivity index (χ0) is 26.5. The molecule has 1 N–H and O–H groups in total. The number of imide groups is 1. The fourth-order valence-electron chi connectivity index (χ4n) is 5.00. The summed E-state index contributed by atoms with van der Waals surface area (Å²) in [7, 11) is 1.53. The molecule has 2 aliphatic rings. The lowest BCUT2D eigenvalue weighted by molar-refractivity contribution is -0.144. The van der Waals surface area contributed by atoms with Crippen LogP contribution < -0.4 is 5.32 Å². The highest BCUT2D eigenvalue weighted by Gasteiger charge is 2.47. The normalized spacial score (nSPS) is 19.5. The summed E-state index contributed by atoms with van der Waals surface area (Å²) in [4.78, 5) is 55.2. The highest BCUT2D eigenvalue weighted by molar-refractivity contribution is 6.42. The molecule has 1 aliphatic heterocycles. The lowest BCUT2D eigenvalue weighted by Crippen LogP contribution is -2.50. The Morgan fingerprint density at radius 1 is 0.973 bits per heavy atom. The minimum atomic E-state index is -0.814. The second kappa shape index (κ2) is 11.9. The van der Waals surface area contributed by atoms with Gasteiger partial charge in [-0.05, 0) is 36.1 Å². The SMILES string of the molecule is CNC(=O)C(Cc1ccccc1)N(Cc1ccc(Cl)c(Cl)c1)C(=O)CCN1C(=O)[C@H]2CC=CC[C@H]2C1=O. The van der Waals surface area contributed by atoms with Crippen molar-refractivity contribution in [3.63, 3.8) is 0 Å². The van der Waals surface area contributed by atoms with Gasteiger partial charge >= 0.3 is 0 Å². The first-order valence-corrected chi connectivity index (χ1v) is 13.0. The summed E-state index contributed by atoms with van der Waals surface area (Å²) >= 11 is 12.3. The summed E-state index contributed by atoms with van der Waals surface area (Å²) in [6.45, 7) is 0.0882. The van der Waals surface area contributed by atoms with Crippen molar-refractivity contribution in [2.75, 3.05) is 13.6 Å². The van der Waals surface area contributed by atoms with Crippen molar-refractivity contribution in [3.05, 3.63) is 81.9 Å². The van der Waals surface area contributed by atoms with E-state index in [1.54, 1.807) is 18.2 Å². The molecule has 3 atom stereocenters. The minimum Gasteiger partial charge on any atom is -0.357 e. The number of fused-ring (bicyclic) bond motifs is 1. The van der Waals surface area contributed by atoms with Gasteiger partial charge in [-0.2, -0.15) is 0 Å². The average molecular weight is 542 g/mol. The van der Waals surface area contributed by atoms with Gasteiger partial charge in [0.2, 0.25) is 23.6 Å². The maximum Gasteiger partial charge on any atom is 0.242 e. The van der Waals surface area contributed by atoms with Crippen LogP contribution in [0.3, 0.4) is 0 Å². The largest absolute Gasteiger partial charge is 0.357 e.